The van der Waals surface area contributed by atoms with Crippen molar-refractivity contribution in [1.29, 1.82) is 0 Å². The predicted molar refractivity (Wildman–Crippen MR) is 60.9 cm³/mol. The first-order chi connectivity index (χ1) is 7.33. The number of benzene rings is 3. The molecule has 0 aromatic heterocycles. The average Bonchev–Trinajstić information content (AvgIpc) is 2.26. The average molecular weight is 193 g/mol. The Bertz CT molecular complexity index is 641. The second kappa shape index (κ2) is 2.99. The van der Waals surface area contributed by atoms with Crippen molar-refractivity contribution in [2.45, 2.75) is 0 Å². The lowest BCUT2D eigenvalue weighted by Crippen LogP contribution is -1.88. The van der Waals surface area contributed by atoms with Gasteiger partial charge in [0.15, 0.2) is 0 Å². The minimum absolute atomic E-state index is 0.0674. The third kappa shape index (κ3) is 1.33. The van der Waals surface area contributed by atoms with E-state index in [0.717, 1.165) is 10.8 Å². The van der Waals surface area contributed by atoms with Gasteiger partial charge in [0.05, 0.1) is 0 Å². The molecule has 72 valence electrons. The lowest BCUT2D eigenvalue weighted by atomic mass is 10.0. The summed E-state index contributed by atoms with van der Waals surface area (Å²) in [5, 5.41) is 15.7. The van der Waals surface area contributed by atoms with Crippen molar-refractivity contribution < 1.29 is 5.11 Å². The van der Waals surface area contributed by atoms with Crippen LogP contribution in [0.5, 0.6) is 5.75 Å². The molecule has 15 heavy (non-hydrogen) atoms. The fourth-order valence-corrected chi connectivity index (χ4v) is 1.92. The Labute approximate surface area is 87.6 Å². The number of hydrogen-bond acceptors (Lipinski definition) is 1. The van der Waals surface area contributed by atoms with E-state index < -0.39 is 0 Å². The van der Waals surface area contributed by atoms with Crippen molar-refractivity contribution in [2.24, 2.45) is 0 Å². The molecule has 3 aromatic rings. The van der Waals surface area contributed by atoms with Crippen LogP contribution in [-0.2, 0) is 0 Å². The fourth-order valence-electron chi connectivity index (χ4n) is 1.92. The van der Waals surface area contributed by atoms with Crippen molar-refractivity contribution in [3.8, 4) is 5.75 Å². The summed E-state index contributed by atoms with van der Waals surface area (Å²) in [6, 6.07) is 17.5. The Balaban J connectivity index is 2.47. The van der Waals surface area contributed by atoms with Crippen molar-refractivity contribution in [3.05, 3.63) is 54.6 Å². The zero-order chi connectivity index (χ0) is 10.3. The number of hydrogen-bond donors (Lipinski definition) is 0. The van der Waals surface area contributed by atoms with Gasteiger partial charge >= 0.3 is 0 Å². The Hall–Kier alpha value is -2.02. The zero-order valence-corrected chi connectivity index (χ0v) is 8.10. The van der Waals surface area contributed by atoms with E-state index in [1.807, 2.05) is 18.2 Å². The van der Waals surface area contributed by atoms with Crippen LogP contribution in [-0.4, -0.2) is 0 Å². The van der Waals surface area contributed by atoms with Crippen molar-refractivity contribution in [3.63, 3.8) is 0 Å². The van der Waals surface area contributed by atoms with Gasteiger partial charge < -0.3 is 5.11 Å². The van der Waals surface area contributed by atoms with Crippen LogP contribution in [0.25, 0.3) is 21.5 Å². The molecule has 0 unspecified atom stereocenters. The minimum atomic E-state index is 0.0674. The molecule has 0 radical (unpaired) electrons. The summed E-state index contributed by atoms with van der Waals surface area (Å²) < 4.78 is 0. The highest BCUT2D eigenvalue weighted by molar-refractivity contribution is 5.98. The molecule has 3 rings (SSSR count). The molecule has 0 atom stereocenters. The monoisotopic (exact) mass is 193 g/mol. The summed E-state index contributed by atoms with van der Waals surface area (Å²) in [6.45, 7) is 0. The molecule has 0 saturated carbocycles. The summed E-state index contributed by atoms with van der Waals surface area (Å²) in [7, 11) is 0. The molecule has 0 fully saturated rings. The van der Waals surface area contributed by atoms with Gasteiger partial charge in [-0.1, -0.05) is 42.5 Å². The van der Waals surface area contributed by atoms with Crippen LogP contribution in [0.2, 0.25) is 0 Å². The lowest BCUT2D eigenvalue weighted by Gasteiger charge is -2.07. The first-order valence-corrected chi connectivity index (χ1v) is 4.92. The first kappa shape index (κ1) is 8.30. The molecule has 0 heterocycles. The van der Waals surface area contributed by atoms with E-state index in [4.69, 9.17) is 0 Å². The molecule has 1 heteroatoms. The molecular formula is C14H9O-. The summed E-state index contributed by atoms with van der Waals surface area (Å²) in [6.07, 6.45) is 0. The third-order valence-electron chi connectivity index (χ3n) is 2.68. The van der Waals surface area contributed by atoms with E-state index in [1.165, 1.54) is 10.8 Å². The van der Waals surface area contributed by atoms with E-state index in [1.54, 1.807) is 12.1 Å². The van der Waals surface area contributed by atoms with E-state index >= 15 is 0 Å². The van der Waals surface area contributed by atoms with E-state index in [0.29, 0.717) is 0 Å². The normalized spacial score (nSPS) is 10.9. The third-order valence-corrected chi connectivity index (χ3v) is 2.68. The standard InChI is InChI=1S/C14H10O/c15-14-6-5-12-7-10-3-1-2-4-11(10)8-13(12)9-14/h1-9,15H/p-1. The van der Waals surface area contributed by atoms with Crippen LogP contribution in [0.4, 0.5) is 0 Å². The minimum Gasteiger partial charge on any atom is -0.872 e. The van der Waals surface area contributed by atoms with Gasteiger partial charge in [-0.3, -0.25) is 0 Å². The Kier molecular flexibility index (Phi) is 1.65. The topological polar surface area (TPSA) is 23.1 Å². The molecule has 3 aromatic carbocycles. The van der Waals surface area contributed by atoms with Crippen molar-refractivity contribution in [1.82, 2.24) is 0 Å². The highest BCUT2D eigenvalue weighted by Crippen LogP contribution is 2.24. The van der Waals surface area contributed by atoms with Crippen LogP contribution in [0.3, 0.4) is 0 Å². The second-order valence-electron chi connectivity index (χ2n) is 3.71. The Morgan fingerprint density at radius 1 is 0.600 bits per heavy atom. The predicted octanol–water partition coefficient (Wildman–Crippen LogP) is 3.07. The quantitative estimate of drug-likeness (QED) is 0.503. The van der Waals surface area contributed by atoms with Gasteiger partial charge in [-0.15, -0.1) is 5.75 Å². The second-order valence-corrected chi connectivity index (χ2v) is 3.71. The maximum absolute atomic E-state index is 11.2. The summed E-state index contributed by atoms with van der Waals surface area (Å²) in [4.78, 5) is 0. The van der Waals surface area contributed by atoms with Gasteiger partial charge in [0.2, 0.25) is 0 Å². The molecule has 0 N–H and O–H groups in total. The highest BCUT2D eigenvalue weighted by atomic mass is 16.3. The summed E-state index contributed by atoms with van der Waals surface area (Å²) in [5.41, 5.74) is 0. The van der Waals surface area contributed by atoms with E-state index in [9.17, 15) is 5.11 Å². The highest BCUT2D eigenvalue weighted by Gasteiger charge is 1.96. The van der Waals surface area contributed by atoms with Gasteiger partial charge in [-0.05, 0) is 33.7 Å². The Morgan fingerprint density at radius 3 is 1.93 bits per heavy atom. The fraction of sp³-hybridized carbons (Fsp3) is 0. The Morgan fingerprint density at radius 2 is 1.20 bits per heavy atom. The van der Waals surface area contributed by atoms with Gasteiger partial charge in [-0.25, -0.2) is 0 Å². The summed E-state index contributed by atoms with van der Waals surface area (Å²) in [5.74, 6) is 0.0674. The van der Waals surface area contributed by atoms with Crippen LogP contribution < -0.4 is 5.11 Å². The van der Waals surface area contributed by atoms with Crippen molar-refractivity contribution in [2.75, 3.05) is 0 Å². The molecule has 0 aliphatic rings. The smallest absolute Gasteiger partial charge is 0.0178 e. The van der Waals surface area contributed by atoms with Crippen LogP contribution in [0, 0.1) is 0 Å². The molecule has 0 saturated heterocycles. The SMILES string of the molecule is [O-]c1ccc2cc3ccccc3cc2c1. The molecule has 0 aliphatic heterocycles. The maximum Gasteiger partial charge on any atom is -0.0178 e. The largest absolute Gasteiger partial charge is 0.872 e. The molecule has 0 amide bonds. The number of rotatable bonds is 0. The first-order valence-electron chi connectivity index (χ1n) is 4.92. The van der Waals surface area contributed by atoms with Gasteiger partial charge in [0.25, 0.3) is 0 Å². The molecule has 0 aliphatic carbocycles. The van der Waals surface area contributed by atoms with Gasteiger partial charge in [0, 0.05) is 0 Å². The summed E-state index contributed by atoms with van der Waals surface area (Å²) >= 11 is 0. The van der Waals surface area contributed by atoms with Crippen molar-refractivity contribution >= 4 is 21.5 Å². The van der Waals surface area contributed by atoms with Gasteiger partial charge in [-0.2, -0.15) is 0 Å². The van der Waals surface area contributed by atoms with Gasteiger partial charge in [0.1, 0.15) is 0 Å². The van der Waals surface area contributed by atoms with E-state index in [-0.39, 0.29) is 5.75 Å². The van der Waals surface area contributed by atoms with Crippen LogP contribution in [0.1, 0.15) is 0 Å². The lowest BCUT2D eigenvalue weighted by molar-refractivity contribution is -0.268. The van der Waals surface area contributed by atoms with E-state index in [2.05, 4.69) is 24.3 Å². The molecule has 1 nitrogen and oxygen atoms in total. The molecule has 0 bridgehead atoms. The van der Waals surface area contributed by atoms with Crippen LogP contribution >= 0.6 is 0 Å². The molecule has 0 spiro atoms. The molecular weight excluding hydrogens is 184 g/mol. The maximum atomic E-state index is 11.2. The number of fused-ring (bicyclic) bond motifs is 2. The van der Waals surface area contributed by atoms with Crippen LogP contribution in [0.15, 0.2) is 54.6 Å². The zero-order valence-electron chi connectivity index (χ0n) is 8.10.